The fourth-order valence-corrected chi connectivity index (χ4v) is 3.93. The fourth-order valence-electron chi connectivity index (χ4n) is 3.93. The molecule has 8 heteroatoms. The largest absolute Gasteiger partial charge is 0.370 e. The molecule has 1 unspecified atom stereocenters. The highest BCUT2D eigenvalue weighted by atomic mass is 19.1. The highest BCUT2D eigenvalue weighted by Gasteiger charge is 2.23. The molecule has 0 saturated heterocycles. The molecule has 0 aliphatic carbocycles. The summed E-state index contributed by atoms with van der Waals surface area (Å²) in [5.74, 6) is -0.708. The van der Waals surface area contributed by atoms with Gasteiger partial charge >= 0.3 is 0 Å². The lowest BCUT2D eigenvalue weighted by atomic mass is 9.91. The molecule has 0 radical (unpaired) electrons. The summed E-state index contributed by atoms with van der Waals surface area (Å²) < 4.78 is 13.6. The highest BCUT2D eigenvalue weighted by Crippen LogP contribution is 2.33. The van der Waals surface area contributed by atoms with Crippen LogP contribution >= 0.6 is 0 Å². The number of nitriles is 1. The second-order valence-electron chi connectivity index (χ2n) is 7.95. The molecule has 174 valence electrons. The van der Waals surface area contributed by atoms with Crippen LogP contribution in [0.4, 0.5) is 10.2 Å². The van der Waals surface area contributed by atoms with Gasteiger partial charge in [-0.1, -0.05) is 36.4 Å². The summed E-state index contributed by atoms with van der Waals surface area (Å²) in [5, 5.41) is 12.9. The minimum Gasteiger partial charge on any atom is -0.370 e. The Bertz CT molecular complexity index is 1370. The van der Waals surface area contributed by atoms with E-state index in [2.05, 4.69) is 21.4 Å². The maximum Gasteiger partial charge on any atom is 0.218 e. The molecule has 2 heterocycles. The average molecular weight is 467 g/mol. The number of nitrogens with two attached hydrogens (primary N) is 1. The van der Waals surface area contributed by atoms with Crippen LogP contribution in [0.3, 0.4) is 0 Å². The molecule has 2 aromatic carbocycles. The summed E-state index contributed by atoms with van der Waals surface area (Å²) in [7, 11) is 0. The van der Waals surface area contributed by atoms with E-state index < -0.39 is 11.8 Å². The van der Waals surface area contributed by atoms with Crippen molar-refractivity contribution >= 4 is 11.7 Å². The van der Waals surface area contributed by atoms with Crippen molar-refractivity contribution in [3.05, 3.63) is 107 Å². The maximum atomic E-state index is 13.6. The third-order valence-corrected chi connectivity index (χ3v) is 5.57. The molecule has 0 aliphatic heterocycles. The predicted octanol–water partition coefficient (Wildman–Crippen LogP) is 4.21. The monoisotopic (exact) mass is 466 g/mol. The Morgan fingerprint density at radius 2 is 1.97 bits per heavy atom. The van der Waals surface area contributed by atoms with Gasteiger partial charge in [-0.3, -0.25) is 14.8 Å². The molecular weight excluding hydrogens is 443 g/mol. The quantitative estimate of drug-likeness (QED) is 0.382. The lowest BCUT2D eigenvalue weighted by Crippen LogP contribution is -2.19. The molecule has 0 aliphatic rings. The number of carbonyl (C=O) groups excluding carboxylic acids is 1. The zero-order valence-corrected chi connectivity index (χ0v) is 18.9. The molecule has 2 aromatic heterocycles. The Kier molecular flexibility index (Phi) is 7.38. The Labute approximate surface area is 202 Å². The smallest absolute Gasteiger partial charge is 0.218 e. The number of primary amides is 1. The number of carbonyl (C=O) groups is 1. The minimum atomic E-state index is -0.481. The lowest BCUT2D eigenvalue weighted by molar-refractivity contribution is -0.118. The van der Waals surface area contributed by atoms with Gasteiger partial charge in [-0.25, -0.2) is 9.37 Å². The maximum absolute atomic E-state index is 13.6. The van der Waals surface area contributed by atoms with E-state index in [1.54, 1.807) is 36.8 Å². The Morgan fingerprint density at radius 1 is 1.11 bits per heavy atom. The van der Waals surface area contributed by atoms with Crippen molar-refractivity contribution in [3.8, 4) is 17.3 Å². The van der Waals surface area contributed by atoms with Crippen LogP contribution in [0.1, 0.15) is 34.7 Å². The van der Waals surface area contributed by atoms with E-state index in [1.807, 2.05) is 30.3 Å². The van der Waals surface area contributed by atoms with Gasteiger partial charge in [0.05, 0.1) is 23.0 Å². The molecule has 35 heavy (non-hydrogen) atoms. The number of aromatic nitrogens is 3. The number of hydrogen-bond acceptors (Lipinski definition) is 6. The number of anilines is 1. The zero-order valence-electron chi connectivity index (χ0n) is 18.9. The number of hydrogen-bond donors (Lipinski definition) is 2. The van der Waals surface area contributed by atoms with Crippen LogP contribution in [0, 0.1) is 17.1 Å². The van der Waals surface area contributed by atoms with Crippen molar-refractivity contribution in [2.45, 2.75) is 18.8 Å². The Balaban J connectivity index is 1.74. The number of amides is 1. The normalized spacial score (nSPS) is 11.4. The van der Waals surface area contributed by atoms with Crippen LogP contribution in [0.25, 0.3) is 11.3 Å². The summed E-state index contributed by atoms with van der Waals surface area (Å²) in [6.45, 7) is 0.469. The van der Waals surface area contributed by atoms with Gasteiger partial charge in [-0.05, 0) is 36.2 Å². The lowest BCUT2D eigenvalue weighted by Gasteiger charge is -2.20. The molecule has 0 spiro atoms. The van der Waals surface area contributed by atoms with E-state index in [1.165, 1.54) is 12.1 Å². The zero-order chi connectivity index (χ0) is 24.6. The third-order valence-electron chi connectivity index (χ3n) is 5.57. The van der Waals surface area contributed by atoms with E-state index >= 15 is 0 Å². The van der Waals surface area contributed by atoms with E-state index in [0.717, 1.165) is 11.1 Å². The van der Waals surface area contributed by atoms with E-state index in [-0.39, 0.29) is 12.2 Å². The van der Waals surface area contributed by atoms with E-state index in [9.17, 15) is 14.4 Å². The molecule has 4 aromatic rings. The third kappa shape index (κ3) is 5.84. The second kappa shape index (κ2) is 11.0. The highest BCUT2D eigenvalue weighted by molar-refractivity contribution is 5.76. The summed E-state index contributed by atoms with van der Waals surface area (Å²) in [6.07, 6.45) is 5.30. The molecule has 1 amide bonds. The molecule has 1 atom stereocenters. The molecular formula is C27H23FN6O. The van der Waals surface area contributed by atoms with Gasteiger partial charge in [0.15, 0.2) is 0 Å². The van der Waals surface area contributed by atoms with Gasteiger partial charge in [-0.2, -0.15) is 5.26 Å². The Hall–Kier alpha value is -4.64. The van der Waals surface area contributed by atoms with Crippen molar-refractivity contribution < 1.29 is 9.18 Å². The van der Waals surface area contributed by atoms with Crippen LogP contribution in [-0.2, 0) is 11.2 Å². The summed E-state index contributed by atoms with van der Waals surface area (Å²) in [5.41, 5.74) is 9.52. The first-order valence-electron chi connectivity index (χ1n) is 11.1. The van der Waals surface area contributed by atoms with Crippen LogP contribution in [0.15, 0.2) is 79.3 Å². The Morgan fingerprint density at radius 3 is 2.71 bits per heavy atom. The van der Waals surface area contributed by atoms with Crippen LogP contribution < -0.4 is 11.1 Å². The van der Waals surface area contributed by atoms with Crippen molar-refractivity contribution in [2.24, 2.45) is 5.73 Å². The topological polar surface area (TPSA) is 118 Å². The van der Waals surface area contributed by atoms with Gasteiger partial charge in [0, 0.05) is 48.6 Å². The first-order chi connectivity index (χ1) is 17.0. The number of nitrogens with one attached hydrogen (secondary N) is 1. The second-order valence-corrected chi connectivity index (χ2v) is 7.95. The summed E-state index contributed by atoms with van der Waals surface area (Å²) >= 11 is 0. The molecule has 7 nitrogen and oxygen atoms in total. The van der Waals surface area contributed by atoms with Crippen molar-refractivity contribution in [3.63, 3.8) is 0 Å². The van der Waals surface area contributed by atoms with Gasteiger partial charge in [0.25, 0.3) is 0 Å². The molecule has 3 N–H and O–H groups in total. The number of nitrogens with zero attached hydrogens (tertiary/aromatic N) is 4. The first kappa shape index (κ1) is 23.5. The predicted molar refractivity (Wildman–Crippen MR) is 131 cm³/mol. The summed E-state index contributed by atoms with van der Waals surface area (Å²) in [4.78, 5) is 25.3. The average Bonchev–Trinajstić information content (AvgIpc) is 2.88. The molecule has 0 fully saturated rings. The van der Waals surface area contributed by atoms with Crippen LogP contribution in [0.5, 0.6) is 0 Å². The number of benzene rings is 2. The molecule has 4 rings (SSSR count). The van der Waals surface area contributed by atoms with E-state index in [0.29, 0.717) is 41.3 Å². The molecule has 0 bridgehead atoms. The number of rotatable bonds is 9. The van der Waals surface area contributed by atoms with Gasteiger partial charge < -0.3 is 11.1 Å². The fraction of sp³-hybridized carbons (Fsp3) is 0.148. The summed E-state index contributed by atoms with van der Waals surface area (Å²) in [6, 6.07) is 19.5. The standard InChI is InChI=1S/C27H23FN6O/c28-20-6-3-4-18(14-20)10-11-33-27-22(23(15-26(30)35)25-17-31-12-13-32-25)8-9-24(34-27)21-7-2-1-5-19(21)16-29/h1-9,12-14,17,23H,10-11,15H2,(H2,30,35)(H,33,34). The SMILES string of the molecule is N#Cc1ccccc1-c1ccc(C(CC(N)=O)c2cnccn2)c(NCCc2cccc(F)c2)n1. The number of halogens is 1. The number of pyridine rings is 1. The van der Waals surface area contributed by atoms with E-state index in [4.69, 9.17) is 10.7 Å². The van der Waals surface area contributed by atoms with Crippen molar-refractivity contribution in [1.82, 2.24) is 15.0 Å². The molecule has 0 saturated carbocycles. The van der Waals surface area contributed by atoms with Gasteiger partial charge in [0.2, 0.25) is 5.91 Å². The minimum absolute atomic E-state index is 0.0209. The van der Waals surface area contributed by atoms with Crippen molar-refractivity contribution in [2.75, 3.05) is 11.9 Å². The van der Waals surface area contributed by atoms with Gasteiger partial charge in [-0.15, -0.1) is 0 Å². The van der Waals surface area contributed by atoms with Gasteiger partial charge in [0.1, 0.15) is 11.6 Å². The van der Waals surface area contributed by atoms with Crippen LogP contribution in [0.2, 0.25) is 0 Å². The first-order valence-corrected chi connectivity index (χ1v) is 11.1. The van der Waals surface area contributed by atoms with Crippen molar-refractivity contribution in [1.29, 1.82) is 5.26 Å². The van der Waals surface area contributed by atoms with Crippen LogP contribution in [-0.4, -0.2) is 27.4 Å².